The Morgan fingerprint density at radius 3 is 1.46 bits per heavy atom. The highest BCUT2D eigenvalue weighted by molar-refractivity contribution is 5.79. The van der Waals surface area contributed by atoms with Crippen molar-refractivity contribution >= 4 is 35.8 Å². The topological polar surface area (TPSA) is 214 Å². The molecule has 15 nitrogen and oxygen atoms in total. The van der Waals surface area contributed by atoms with Gasteiger partial charge in [0.1, 0.15) is 6.04 Å². The van der Waals surface area contributed by atoms with E-state index in [0.717, 1.165) is 9.80 Å². The van der Waals surface area contributed by atoms with Crippen molar-refractivity contribution in [2.75, 3.05) is 66.0 Å². The van der Waals surface area contributed by atoms with Crippen molar-refractivity contribution in [2.24, 2.45) is 5.92 Å². The number of hydrogen-bond donors (Lipinski definition) is 5. The Bertz CT molecular complexity index is 719. The quantitative estimate of drug-likeness (QED) is 0.104. The average Bonchev–Trinajstić information content (AvgIpc) is 2.76. The van der Waals surface area contributed by atoms with Crippen LogP contribution < -0.4 is 5.32 Å². The molecule has 0 aliphatic heterocycles. The predicted octanol–water partition coefficient (Wildman–Crippen LogP) is -1.68. The molecule has 0 heterocycles. The zero-order valence-electron chi connectivity index (χ0n) is 21.4. The van der Waals surface area contributed by atoms with Gasteiger partial charge in [0, 0.05) is 39.6 Å². The summed E-state index contributed by atoms with van der Waals surface area (Å²) in [5, 5.41) is 38.9. The van der Waals surface area contributed by atoms with Crippen molar-refractivity contribution in [2.45, 2.75) is 32.7 Å². The summed E-state index contributed by atoms with van der Waals surface area (Å²) in [5.41, 5.74) is 0. The van der Waals surface area contributed by atoms with Gasteiger partial charge in [-0.15, -0.1) is 0 Å². The van der Waals surface area contributed by atoms with Gasteiger partial charge in [-0.3, -0.25) is 43.5 Å². The number of ether oxygens (including phenoxy) is 1. The Hall–Kier alpha value is -3.30. The van der Waals surface area contributed by atoms with Crippen molar-refractivity contribution in [3.8, 4) is 0 Å². The molecule has 0 bridgehead atoms. The lowest BCUT2D eigenvalue weighted by atomic mass is 10.1. The molecular formula is C22H38N4O11. The lowest BCUT2D eigenvalue weighted by Gasteiger charge is -2.33. The number of hydrogen-bond acceptors (Lipinski definition) is 10. The summed E-state index contributed by atoms with van der Waals surface area (Å²) in [7, 11) is 1.43. The van der Waals surface area contributed by atoms with Crippen LogP contribution in [-0.2, 0) is 33.5 Å². The van der Waals surface area contributed by atoms with Crippen LogP contribution >= 0.6 is 0 Å². The van der Waals surface area contributed by atoms with Crippen LogP contribution in [0.5, 0.6) is 0 Å². The number of rotatable bonds is 21. The van der Waals surface area contributed by atoms with Gasteiger partial charge in [0.15, 0.2) is 0 Å². The summed E-state index contributed by atoms with van der Waals surface area (Å²) in [6.07, 6.45) is -0.0529. The molecule has 0 saturated carbocycles. The Labute approximate surface area is 214 Å². The maximum atomic E-state index is 13.0. The number of nitrogens with zero attached hydrogens (tertiary/aromatic N) is 3. The second-order valence-electron chi connectivity index (χ2n) is 8.78. The van der Waals surface area contributed by atoms with Crippen LogP contribution in [-0.4, -0.2) is 143 Å². The minimum atomic E-state index is -1.26. The second kappa shape index (κ2) is 18.0. The third-order valence-corrected chi connectivity index (χ3v) is 5.04. The van der Waals surface area contributed by atoms with Crippen molar-refractivity contribution in [3.63, 3.8) is 0 Å². The fraction of sp³-hybridized carbons (Fsp3) is 0.727. The van der Waals surface area contributed by atoms with Gasteiger partial charge in [-0.2, -0.15) is 0 Å². The second-order valence-corrected chi connectivity index (χ2v) is 8.78. The minimum Gasteiger partial charge on any atom is -0.480 e. The fourth-order valence-corrected chi connectivity index (χ4v) is 3.34. The van der Waals surface area contributed by atoms with Crippen LogP contribution in [0.1, 0.15) is 26.7 Å². The van der Waals surface area contributed by atoms with Crippen LogP contribution in [0.4, 0.5) is 0 Å². The fourth-order valence-electron chi connectivity index (χ4n) is 3.34. The van der Waals surface area contributed by atoms with E-state index in [1.165, 1.54) is 11.9 Å². The molecule has 0 aromatic heterocycles. The van der Waals surface area contributed by atoms with Crippen LogP contribution in [0.3, 0.4) is 0 Å². The molecule has 0 spiro atoms. The Kier molecular flexibility index (Phi) is 16.4. The van der Waals surface area contributed by atoms with Crippen LogP contribution in [0.2, 0.25) is 0 Å². The molecule has 5 N–H and O–H groups in total. The first-order valence-electron chi connectivity index (χ1n) is 11.7. The molecule has 212 valence electrons. The first-order valence-corrected chi connectivity index (χ1v) is 11.7. The van der Waals surface area contributed by atoms with Crippen molar-refractivity contribution < 1.29 is 53.9 Å². The smallest absolute Gasteiger partial charge is 0.323 e. The summed E-state index contributed by atoms with van der Waals surface area (Å²) < 4.78 is 5.37. The standard InChI is InChI=1S/C22H38N4O11/c1-15(2)14-37-22(36)16(4-5-17(27)23-3)26(8-6-24(10-18(28)29)11-19(30)31)9-7-25(12-20(32)33)13-21(34)35/h15-16H,4-14H2,1-3H3,(H,23,27)(H,28,29)(H,30,31)(H,32,33)(H,34,35). The zero-order valence-corrected chi connectivity index (χ0v) is 21.4. The van der Waals surface area contributed by atoms with E-state index in [9.17, 15) is 28.8 Å². The molecule has 0 aliphatic carbocycles. The first-order chi connectivity index (χ1) is 17.2. The molecule has 0 aliphatic rings. The molecule has 37 heavy (non-hydrogen) atoms. The van der Waals surface area contributed by atoms with Crippen molar-refractivity contribution in [3.05, 3.63) is 0 Å². The Morgan fingerprint density at radius 1 is 0.730 bits per heavy atom. The van der Waals surface area contributed by atoms with Crippen LogP contribution in [0, 0.1) is 5.92 Å². The molecule has 15 heteroatoms. The number of carbonyl (C=O) groups excluding carboxylic acids is 2. The van der Waals surface area contributed by atoms with E-state index in [1.807, 2.05) is 13.8 Å². The van der Waals surface area contributed by atoms with E-state index in [0.29, 0.717) is 0 Å². The number of carboxylic acid groups (broad SMARTS) is 4. The van der Waals surface area contributed by atoms with Gasteiger partial charge in [0.2, 0.25) is 5.91 Å². The number of nitrogens with one attached hydrogen (secondary N) is 1. The maximum Gasteiger partial charge on any atom is 0.323 e. The van der Waals surface area contributed by atoms with Gasteiger partial charge in [-0.05, 0) is 12.3 Å². The third kappa shape index (κ3) is 16.9. The lowest BCUT2D eigenvalue weighted by molar-refractivity contribution is -0.153. The van der Waals surface area contributed by atoms with Gasteiger partial charge in [0.05, 0.1) is 32.8 Å². The van der Waals surface area contributed by atoms with Crippen molar-refractivity contribution in [1.29, 1.82) is 0 Å². The highest BCUT2D eigenvalue weighted by atomic mass is 16.5. The van der Waals surface area contributed by atoms with E-state index in [2.05, 4.69) is 5.32 Å². The number of carboxylic acids is 4. The van der Waals surface area contributed by atoms with Crippen molar-refractivity contribution in [1.82, 2.24) is 20.0 Å². The number of aliphatic carboxylic acids is 4. The zero-order chi connectivity index (χ0) is 28.5. The maximum absolute atomic E-state index is 13.0. The largest absolute Gasteiger partial charge is 0.480 e. The summed E-state index contributed by atoms with van der Waals surface area (Å²) in [6, 6.07) is -1.01. The monoisotopic (exact) mass is 534 g/mol. The highest BCUT2D eigenvalue weighted by Crippen LogP contribution is 2.12. The average molecular weight is 535 g/mol. The summed E-state index contributed by atoms with van der Waals surface area (Å²) in [4.78, 5) is 73.4. The van der Waals surface area contributed by atoms with Gasteiger partial charge >= 0.3 is 29.8 Å². The Balaban J connectivity index is 5.95. The van der Waals surface area contributed by atoms with E-state index in [-0.39, 0.29) is 57.5 Å². The molecule has 0 radical (unpaired) electrons. The SMILES string of the molecule is CNC(=O)CCC(C(=O)OCC(C)C)N(CCN(CC(=O)O)CC(=O)O)CCN(CC(=O)O)CC(=O)O. The molecule has 0 saturated heterocycles. The van der Waals surface area contributed by atoms with Crippen LogP contribution in [0.15, 0.2) is 0 Å². The Morgan fingerprint density at radius 2 is 1.14 bits per heavy atom. The molecule has 0 aromatic carbocycles. The van der Waals surface area contributed by atoms with Gasteiger partial charge in [-0.1, -0.05) is 13.8 Å². The summed E-state index contributed by atoms with van der Waals surface area (Å²) >= 11 is 0. The third-order valence-electron chi connectivity index (χ3n) is 5.04. The summed E-state index contributed by atoms with van der Waals surface area (Å²) in [6.45, 7) is 1.18. The molecule has 0 rings (SSSR count). The van der Waals surface area contributed by atoms with E-state index < -0.39 is 62.1 Å². The van der Waals surface area contributed by atoms with Gasteiger partial charge < -0.3 is 30.5 Å². The minimum absolute atomic E-state index is 0.00627. The summed E-state index contributed by atoms with van der Waals surface area (Å²) in [5.74, 6) is -6.02. The number of esters is 1. The number of carbonyl (C=O) groups is 6. The normalized spacial score (nSPS) is 12.1. The van der Waals surface area contributed by atoms with E-state index in [1.54, 1.807) is 0 Å². The highest BCUT2D eigenvalue weighted by Gasteiger charge is 2.30. The predicted molar refractivity (Wildman–Crippen MR) is 128 cm³/mol. The lowest BCUT2D eigenvalue weighted by Crippen LogP contribution is -2.50. The molecule has 1 atom stereocenters. The first kappa shape index (κ1) is 33.7. The molecular weight excluding hydrogens is 496 g/mol. The van der Waals surface area contributed by atoms with E-state index >= 15 is 0 Å². The van der Waals surface area contributed by atoms with Crippen LogP contribution in [0.25, 0.3) is 0 Å². The molecule has 0 aromatic rings. The molecule has 0 fully saturated rings. The van der Waals surface area contributed by atoms with E-state index in [4.69, 9.17) is 25.2 Å². The molecule has 1 amide bonds. The van der Waals surface area contributed by atoms with Gasteiger partial charge in [0.25, 0.3) is 0 Å². The van der Waals surface area contributed by atoms with Gasteiger partial charge in [-0.25, -0.2) is 0 Å². The molecule has 1 unspecified atom stereocenters. The number of amides is 1.